The van der Waals surface area contributed by atoms with Gasteiger partial charge in [-0.25, -0.2) is 0 Å². The molecule has 1 aliphatic carbocycles. The SMILES string of the molecule is Cc1cc(C)cc(C=C[C@@H]2CCC(=O)[C@H]2CCCCCCC(=O)O)c1. The highest BCUT2D eigenvalue weighted by Crippen LogP contribution is 2.34. The molecule has 1 aromatic carbocycles. The van der Waals surface area contributed by atoms with E-state index in [9.17, 15) is 9.59 Å². The Morgan fingerprint density at radius 2 is 1.80 bits per heavy atom. The Bertz CT molecular complexity index is 610. The Kier molecular flexibility index (Phi) is 7.42. The lowest BCUT2D eigenvalue weighted by molar-refractivity contribution is -0.137. The summed E-state index contributed by atoms with van der Waals surface area (Å²) >= 11 is 0. The maximum Gasteiger partial charge on any atom is 0.303 e. The van der Waals surface area contributed by atoms with E-state index in [4.69, 9.17) is 5.11 Å². The van der Waals surface area contributed by atoms with Crippen molar-refractivity contribution in [2.45, 2.75) is 65.2 Å². The molecule has 1 fully saturated rings. The van der Waals surface area contributed by atoms with Crippen molar-refractivity contribution in [2.75, 3.05) is 0 Å². The summed E-state index contributed by atoms with van der Waals surface area (Å²) in [7, 11) is 0. The van der Waals surface area contributed by atoms with Crippen LogP contribution in [0.1, 0.15) is 68.1 Å². The summed E-state index contributed by atoms with van der Waals surface area (Å²) in [5.74, 6) is 0.192. The summed E-state index contributed by atoms with van der Waals surface area (Å²) in [6.45, 7) is 4.22. The zero-order chi connectivity index (χ0) is 18.2. The molecule has 1 saturated carbocycles. The first-order chi connectivity index (χ1) is 12.0. The lowest BCUT2D eigenvalue weighted by Gasteiger charge is -2.15. The van der Waals surface area contributed by atoms with Crippen molar-refractivity contribution in [1.29, 1.82) is 0 Å². The van der Waals surface area contributed by atoms with Crippen LogP contribution in [0.3, 0.4) is 0 Å². The first-order valence-corrected chi connectivity index (χ1v) is 9.46. The van der Waals surface area contributed by atoms with Crippen molar-refractivity contribution in [2.24, 2.45) is 11.8 Å². The van der Waals surface area contributed by atoms with Crippen LogP contribution in [0.5, 0.6) is 0 Å². The van der Waals surface area contributed by atoms with Gasteiger partial charge in [0.15, 0.2) is 0 Å². The van der Waals surface area contributed by atoms with E-state index < -0.39 is 5.97 Å². The van der Waals surface area contributed by atoms with Gasteiger partial charge < -0.3 is 5.11 Å². The second-order valence-electron chi connectivity index (χ2n) is 7.40. The Hall–Kier alpha value is -1.90. The number of benzene rings is 1. The summed E-state index contributed by atoms with van der Waals surface area (Å²) in [5.41, 5.74) is 3.74. The minimum atomic E-state index is -0.720. The van der Waals surface area contributed by atoms with Crippen molar-refractivity contribution >= 4 is 17.8 Å². The number of hydrogen-bond donors (Lipinski definition) is 1. The van der Waals surface area contributed by atoms with E-state index in [0.717, 1.165) is 38.5 Å². The van der Waals surface area contributed by atoms with Crippen LogP contribution in [-0.2, 0) is 9.59 Å². The van der Waals surface area contributed by atoms with Gasteiger partial charge in [-0.3, -0.25) is 9.59 Å². The number of aliphatic carboxylic acids is 1. The lowest BCUT2D eigenvalue weighted by Crippen LogP contribution is -2.13. The fourth-order valence-electron chi connectivity index (χ4n) is 3.87. The fourth-order valence-corrected chi connectivity index (χ4v) is 3.87. The fraction of sp³-hybridized carbons (Fsp3) is 0.545. The van der Waals surface area contributed by atoms with E-state index in [-0.39, 0.29) is 12.3 Å². The molecule has 136 valence electrons. The molecule has 0 heterocycles. The van der Waals surface area contributed by atoms with Crippen LogP contribution >= 0.6 is 0 Å². The first kappa shape index (κ1) is 19.4. The summed E-state index contributed by atoms with van der Waals surface area (Å²) in [6, 6.07) is 6.53. The molecular formula is C22H30O3. The highest BCUT2D eigenvalue weighted by Gasteiger charge is 2.32. The van der Waals surface area contributed by atoms with Gasteiger partial charge in [0, 0.05) is 18.8 Å². The topological polar surface area (TPSA) is 54.4 Å². The van der Waals surface area contributed by atoms with Crippen molar-refractivity contribution < 1.29 is 14.7 Å². The number of rotatable bonds is 9. The van der Waals surface area contributed by atoms with Crippen molar-refractivity contribution in [1.82, 2.24) is 0 Å². The number of allylic oxidation sites excluding steroid dienone is 1. The van der Waals surface area contributed by atoms with Gasteiger partial charge in [0.05, 0.1) is 0 Å². The Morgan fingerprint density at radius 1 is 1.12 bits per heavy atom. The summed E-state index contributed by atoms with van der Waals surface area (Å²) in [4.78, 5) is 22.7. The van der Waals surface area contributed by atoms with Gasteiger partial charge in [0.25, 0.3) is 0 Å². The van der Waals surface area contributed by atoms with Crippen LogP contribution in [0.15, 0.2) is 24.3 Å². The molecule has 3 heteroatoms. The number of aryl methyl sites for hydroxylation is 2. The molecule has 0 aromatic heterocycles. The van der Waals surface area contributed by atoms with Gasteiger partial charge >= 0.3 is 5.97 Å². The third kappa shape index (κ3) is 6.49. The Morgan fingerprint density at radius 3 is 2.48 bits per heavy atom. The van der Waals surface area contributed by atoms with Crippen molar-refractivity contribution in [3.8, 4) is 0 Å². The lowest BCUT2D eigenvalue weighted by atomic mass is 9.89. The third-order valence-corrected chi connectivity index (χ3v) is 5.09. The van der Waals surface area contributed by atoms with Gasteiger partial charge in [-0.1, -0.05) is 60.7 Å². The average Bonchev–Trinajstić information content (AvgIpc) is 2.88. The number of carbonyl (C=O) groups is 2. The molecule has 3 nitrogen and oxygen atoms in total. The van der Waals surface area contributed by atoms with E-state index in [2.05, 4.69) is 44.2 Å². The number of carboxylic acids is 1. The van der Waals surface area contributed by atoms with Crippen molar-refractivity contribution in [3.63, 3.8) is 0 Å². The van der Waals surface area contributed by atoms with Crippen LogP contribution in [0.4, 0.5) is 0 Å². The van der Waals surface area contributed by atoms with Gasteiger partial charge in [-0.05, 0) is 44.6 Å². The van der Waals surface area contributed by atoms with Gasteiger partial charge in [0.2, 0.25) is 0 Å². The minimum Gasteiger partial charge on any atom is -0.481 e. The molecule has 0 amide bonds. The molecule has 1 aromatic rings. The molecule has 1 aliphatic rings. The Balaban J connectivity index is 1.84. The van der Waals surface area contributed by atoms with E-state index in [0.29, 0.717) is 18.1 Å². The quantitative estimate of drug-likeness (QED) is 0.617. The van der Waals surface area contributed by atoms with Gasteiger partial charge in [-0.15, -0.1) is 0 Å². The molecule has 0 aliphatic heterocycles. The molecule has 2 rings (SSSR count). The van der Waals surface area contributed by atoms with E-state index in [1.54, 1.807) is 0 Å². The van der Waals surface area contributed by atoms with Gasteiger partial charge in [0.1, 0.15) is 5.78 Å². The number of hydrogen-bond acceptors (Lipinski definition) is 2. The second kappa shape index (κ2) is 9.55. The monoisotopic (exact) mass is 342 g/mol. The van der Waals surface area contributed by atoms with Crippen LogP contribution in [0, 0.1) is 25.7 Å². The summed E-state index contributed by atoms with van der Waals surface area (Å²) in [6.07, 6.45) is 11.0. The highest BCUT2D eigenvalue weighted by molar-refractivity contribution is 5.84. The number of carboxylic acid groups (broad SMARTS) is 1. The summed E-state index contributed by atoms with van der Waals surface area (Å²) < 4.78 is 0. The third-order valence-electron chi connectivity index (χ3n) is 5.09. The minimum absolute atomic E-state index is 0.154. The Labute approximate surface area is 151 Å². The normalized spacial score (nSPS) is 20.5. The molecule has 0 radical (unpaired) electrons. The smallest absolute Gasteiger partial charge is 0.303 e. The predicted molar refractivity (Wildman–Crippen MR) is 102 cm³/mol. The first-order valence-electron chi connectivity index (χ1n) is 9.46. The van der Waals surface area contributed by atoms with Crippen LogP contribution < -0.4 is 0 Å². The maximum absolute atomic E-state index is 12.2. The van der Waals surface area contributed by atoms with E-state index >= 15 is 0 Å². The number of ketones is 1. The predicted octanol–water partition coefficient (Wildman–Crippen LogP) is 5.34. The molecule has 25 heavy (non-hydrogen) atoms. The second-order valence-corrected chi connectivity index (χ2v) is 7.40. The maximum atomic E-state index is 12.2. The van der Waals surface area contributed by atoms with Crippen molar-refractivity contribution in [3.05, 3.63) is 41.0 Å². The largest absolute Gasteiger partial charge is 0.481 e. The van der Waals surface area contributed by atoms with Crippen LogP contribution in [-0.4, -0.2) is 16.9 Å². The summed E-state index contributed by atoms with van der Waals surface area (Å²) in [5, 5.41) is 8.65. The molecule has 0 spiro atoms. The zero-order valence-corrected chi connectivity index (χ0v) is 15.5. The number of carbonyl (C=O) groups excluding carboxylic acids is 1. The molecule has 0 bridgehead atoms. The average molecular weight is 342 g/mol. The standard InChI is InChI=1S/C22H30O3/c1-16-13-17(2)15-18(14-16)9-10-19-11-12-21(23)20(19)7-5-3-4-6-8-22(24)25/h9-10,13-15,19-20H,3-8,11-12H2,1-2H3,(H,24,25)/t19-,20+/m1/s1. The van der Waals surface area contributed by atoms with Crippen LogP contribution in [0.2, 0.25) is 0 Å². The number of unbranched alkanes of at least 4 members (excludes halogenated alkanes) is 3. The number of Topliss-reactive ketones (excluding diaryl/α,β-unsaturated/α-hetero) is 1. The van der Waals surface area contributed by atoms with Gasteiger partial charge in [-0.2, -0.15) is 0 Å². The van der Waals surface area contributed by atoms with E-state index in [1.807, 2.05) is 0 Å². The molecule has 2 atom stereocenters. The molecule has 1 N–H and O–H groups in total. The van der Waals surface area contributed by atoms with E-state index in [1.165, 1.54) is 16.7 Å². The van der Waals surface area contributed by atoms with Crippen LogP contribution in [0.25, 0.3) is 6.08 Å². The highest BCUT2D eigenvalue weighted by atomic mass is 16.4. The molecular weight excluding hydrogens is 312 g/mol. The molecule has 0 saturated heterocycles. The zero-order valence-electron chi connectivity index (χ0n) is 15.5. The molecule has 0 unspecified atom stereocenters.